The Morgan fingerprint density at radius 3 is 2.33 bits per heavy atom. The number of hydrogen-bond donors (Lipinski definition) is 2. The number of thioether (sulfide) groups is 1. The van der Waals surface area contributed by atoms with Crippen LogP contribution in [0.15, 0.2) is 82.6 Å². The molecular formula is C24H26N2O5S2. The number of sulfonamides is 1. The fraction of sp³-hybridized carbons (Fsp3) is 0.208. The molecule has 3 aromatic carbocycles. The molecule has 0 aliphatic carbocycles. The number of hydrogen-bond acceptors (Lipinski definition) is 6. The number of benzene rings is 3. The number of anilines is 1. The molecule has 0 radical (unpaired) electrons. The van der Waals surface area contributed by atoms with Crippen molar-refractivity contribution in [1.29, 1.82) is 0 Å². The van der Waals surface area contributed by atoms with Crippen LogP contribution in [-0.2, 0) is 21.2 Å². The first kappa shape index (κ1) is 24.6. The van der Waals surface area contributed by atoms with E-state index in [1.54, 1.807) is 17.8 Å². The highest BCUT2D eigenvalue weighted by atomic mass is 32.2. The third-order valence-corrected chi connectivity index (χ3v) is 7.09. The van der Waals surface area contributed by atoms with Crippen LogP contribution in [-0.4, -0.2) is 40.8 Å². The Hall–Kier alpha value is -3.01. The molecule has 0 aliphatic heterocycles. The van der Waals surface area contributed by atoms with E-state index < -0.39 is 22.0 Å². The second kappa shape index (κ2) is 11.2. The van der Waals surface area contributed by atoms with Crippen LogP contribution >= 0.6 is 11.8 Å². The minimum atomic E-state index is -4.04. The number of carbonyl (C=O) groups excluding carboxylic acids is 1. The van der Waals surface area contributed by atoms with Crippen molar-refractivity contribution in [3.8, 4) is 11.5 Å². The Labute approximate surface area is 198 Å². The van der Waals surface area contributed by atoms with Gasteiger partial charge in [-0.05, 0) is 48.6 Å². The van der Waals surface area contributed by atoms with E-state index in [0.29, 0.717) is 11.4 Å². The summed E-state index contributed by atoms with van der Waals surface area (Å²) in [7, 11) is -1.14. The maximum Gasteiger partial charge on any atom is 0.242 e. The lowest BCUT2D eigenvalue weighted by Gasteiger charge is -2.19. The molecule has 7 nitrogen and oxygen atoms in total. The summed E-state index contributed by atoms with van der Waals surface area (Å²) in [6.07, 6.45) is 2.12. The molecule has 0 saturated carbocycles. The summed E-state index contributed by atoms with van der Waals surface area (Å²) < 4.78 is 39.3. The number of rotatable bonds is 10. The molecule has 0 saturated heterocycles. The van der Waals surface area contributed by atoms with Crippen LogP contribution in [0.5, 0.6) is 11.5 Å². The van der Waals surface area contributed by atoms with Crippen LogP contribution in [0, 0.1) is 0 Å². The van der Waals surface area contributed by atoms with E-state index in [2.05, 4.69) is 10.0 Å². The quantitative estimate of drug-likeness (QED) is 0.422. The van der Waals surface area contributed by atoms with Crippen molar-refractivity contribution >= 4 is 33.4 Å². The molecule has 1 atom stereocenters. The minimum Gasteiger partial charge on any atom is -0.493 e. The molecule has 0 spiro atoms. The SMILES string of the molecule is COc1ccc(S(=O)(=O)N[C@H](Cc2ccccc2)C(=O)Nc2cccc(SC)c2)cc1OC. The van der Waals surface area contributed by atoms with E-state index in [9.17, 15) is 13.2 Å². The van der Waals surface area contributed by atoms with Crippen LogP contribution < -0.4 is 19.5 Å². The van der Waals surface area contributed by atoms with E-state index in [1.165, 1.54) is 32.4 Å². The molecule has 9 heteroatoms. The van der Waals surface area contributed by atoms with Crippen molar-refractivity contribution in [2.45, 2.75) is 22.3 Å². The highest BCUT2D eigenvalue weighted by molar-refractivity contribution is 7.98. The third kappa shape index (κ3) is 6.50. The van der Waals surface area contributed by atoms with Crippen LogP contribution in [0.2, 0.25) is 0 Å². The molecule has 2 N–H and O–H groups in total. The molecule has 0 bridgehead atoms. The summed E-state index contributed by atoms with van der Waals surface area (Å²) in [5.74, 6) is 0.225. The Bertz CT molecular complexity index is 1200. The van der Waals surface area contributed by atoms with Crippen molar-refractivity contribution in [2.75, 3.05) is 25.8 Å². The molecule has 0 unspecified atom stereocenters. The van der Waals surface area contributed by atoms with Crippen LogP contribution in [0.4, 0.5) is 5.69 Å². The average molecular weight is 487 g/mol. The highest BCUT2D eigenvalue weighted by Crippen LogP contribution is 2.29. The van der Waals surface area contributed by atoms with Gasteiger partial charge in [0, 0.05) is 16.6 Å². The first-order valence-corrected chi connectivity index (χ1v) is 12.8. The fourth-order valence-electron chi connectivity index (χ4n) is 3.21. The Morgan fingerprint density at radius 1 is 0.939 bits per heavy atom. The number of nitrogens with one attached hydrogen (secondary N) is 2. The molecule has 0 aliphatic rings. The van der Waals surface area contributed by atoms with Gasteiger partial charge in [0.2, 0.25) is 15.9 Å². The Kier molecular flexibility index (Phi) is 8.37. The predicted octanol–water partition coefficient (Wildman–Crippen LogP) is 3.95. The Morgan fingerprint density at radius 2 is 1.67 bits per heavy atom. The first-order chi connectivity index (χ1) is 15.9. The van der Waals surface area contributed by atoms with Crippen LogP contribution in [0.1, 0.15) is 5.56 Å². The lowest BCUT2D eigenvalue weighted by molar-refractivity contribution is -0.117. The first-order valence-electron chi connectivity index (χ1n) is 10.1. The normalized spacial score (nSPS) is 12.1. The summed E-state index contributed by atoms with van der Waals surface area (Å²) in [5.41, 5.74) is 1.42. The zero-order valence-corrected chi connectivity index (χ0v) is 20.2. The lowest BCUT2D eigenvalue weighted by atomic mass is 10.1. The van der Waals surface area contributed by atoms with Crippen molar-refractivity contribution < 1.29 is 22.7 Å². The molecule has 0 aromatic heterocycles. The van der Waals surface area contributed by atoms with Gasteiger partial charge in [-0.2, -0.15) is 4.72 Å². The zero-order chi connectivity index (χ0) is 23.8. The van der Waals surface area contributed by atoms with Crippen molar-refractivity contribution in [3.63, 3.8) is 0 Å². The molecule has 33 heavy (non-hydrogen) atoms. The van der Waals surface area contributed by atoms with E-state index in [0.717, 1.165) is 10.5 Å². The molecule has 3 rings (SSSR count). The van der Waals surface area contributed by atoms with E-state index >= 15 is 0 Å². The second-order valence-corrected chi connectivity index (χ2v) is 9.70. The van der Waals surface area contributed by atoms with Gasteiger partial charge in [-0.1, -0.05) is 36.4 Å². The lowest BCUT2D eigenvalue weighted by Crippen LogP contribution is -2.45. The fourth-order valence-corrected chi connectivity index (χ4v) is 4.88. The van der Waals surface area contributed by atoms with Gasteiger partial charge in [0.05, 0.1) is 19.1 Å². The molecule has 0 heterocycles. The number of ether oxygens (including phenoxy) is 2. The van der Waals surface area contributed by atoms with E-state index in [4.69, 9.17) is 9.47 Å². The Balaban J connectivity index is 1.89. The minimum absolute atomic E-state index is 0.0320. The van der Waals surface area contributed by atoms with Gasteiger partial charge >= 0.3 is 0 Å². The molecule has 1 amide bonds. The van der Waals surface area contributed by atoms with E-state index in [-0.39, 0.29) is 17.1 Å². The highest BCUT2D eigenvalue weighted by Gasteiger charge is 2.27. The van der Waals surface area contributed by atoms with Gasteiger partial charge in [0.15, 0.2) is 11.5 Å². The van der Waals surface area contributed by atoms with Crippen LogP contribution in [0.25, 0.3) is 0 Å². The summed E-state index contributed by atoms with van der Waals surface area (Å²) in [6.45, 7) is 0. The molecule has 0 fully saturated rings. The van der Waals surface area contributed by atoms with Gasteiger partial charge < -0.3 is 14.8 Å². The third-order valence-electron chi connectivity index (χ3n) is 4.90. The van der Waals surface area contributed by atoms with E-state index in [1.807, 2.05) is 54.8 Å². The van der Waals surface area contributed by atoms with Gasteiger partial charge in [0.1, 0.15) is 6.04 Å². The van der Waals surface area contributed by atoms with Gasteiger partial charge in [0.25, 0.3) is 0 Å². The maximum absolute atomic E-state index is 13.2. The summed E-state index contributed by atoms with van der Waals surface area (Å²) in [6, 6.07) is 19.8. The average Bonchev–Trinajstić information content (AvgIpc) is 2.83. The van der Waals surface area contributed by atoms with Gasteiger partial charge in [-0.3, -0.25) is 4.79 Å². The largest absolute Gasteiger partial charge is 0.493 e. The van der Waals surface area contributed by atoms with Gasteiger partial charge in [-0.25, -0.2) is 8.42 Å². The summed E-state index contributed by atoms with van der Waals surface area (Å²) in [5, 5.41) is 2.83. The topological polar surface area (TPSA) is 93.7 Å². The van der Waals surface area contributed by atoms with Crippen molar-refractivity contribution in [2.24, 2.45) is 0 Å². The smallest absolute Gasteiger partial charge is 0.242 e. The molecule has 3 aromatic rings. The standard InChI is InChI=1S/C24H26N2O5S2/c1-30-22-13-12-20(16-23(22)31-2)33(28,29)26-21(14-17-8-5-4-6-9-17)24(27)25-18-10-7-11-19(15-18)32-3/h4-13,15-16,21,26H,14H2,1-3H3,(H,25,27)/t21-/m1/s1. The second-order valence-electron chi connectivity index (χ2n) is 7.10. The molecular weight excluding hydrogens is 460 g/mol. The zero-order valence-electron chi connectivity index (χ0n) is 18.6. The number of carbonyl (C=O) groups is 1. The summed E-state index contributed by atoms with van der Waals surface area (Å²) >= 11 is 1.55. The number of methoxy groups -OCH3 is 2. The van der Waals surface area contributed by atoms with Gasteiger partial charge in [-0.15, -0.1) is 11.8 Å². The maximum atomic E-state index is 13.2. The summed E-state index contributed by atoms with van der Waals surface area (Å²) in [4.78, 5) is 14.1. The number of amides is 1. The monoisotopic (exact) mass is 486 g/mol. The van der Waals surface area contributed by atoms with Crippen molar-refractivity contribution in [3.05, 3.63) is 78.4 Å². The van der Waals surface area contributed by atoms with Crippen LogP contribution in [0.3, 0.4) is 0 Å². The molecule has 174 valence electrons. The van der Waals surface area contributed by atoms with Crippen molar-refractivity contribution in [1.82, 2.24) is 4.72 Å². The predicted molar refractivity (Wildman–Crippen MR) is 131 cm³/mol.